The van der Waals surface area contributed by atoms with Crippen LogP contribution in [0.15, 0.2) is 24.3 Å². The summed E-state index contributed by atoms with van der Waals surface area (Å²) in [6.45, 7) is 1.95. The smallest absolute Gasteiger partial charge is 0.422 e. The highest BCUT2D eigenvalue weighted by molar-refractivity contribution is 5.82. The van der Waals surface area contributed by atoms with Crippen LogP contribution in [0.4, 0.5) is 13.2 Å². The van der Waals surface area contributed by atoms with Crippen molar-refractivity contribution < 1.29 is 27.4 Å². The Morgan fingerprint density at radius 3 is 2.61 bits per heavy atom. The molecule has 1 aromatic carbocycles. The predicted octanol–water partition coefficient (Wildman–Crippen LogP) is 3.06. The molecule has 1 heterocycles. The van der Waals surface area contributed by atoms with E-state index >= 15 is 0 Å². The van der Waals surface area contributed by atoms with Crippen LogP contribution in [0.3, 0.4) is 0 Å². The summed E-state index contributed by atoms with van der Waals surface area (Å²) < 4.78 is 46.2. The number of benzene rings is 1. The zero-order valence-corrected chi connectivity index (χ0v) is 12.9. The van der Waals surface area contributed by atoms with Crippen LogP contribution < -0.4 is 10.1 Å². The molecule has 4 nitrogen and oxygen atoms in total. The third-order valence-electron chi connectivity index (χ3n) is 3.76. The molecule has 128 valence electrons. The molecule has 0 aliphatic carbocycles. The first-order valence-electron chi connectivity index (χ1n) is 7.43. The standard InChI is InChI=1S/C16H20F3NO3/c1-15(7-2-8-22-10-15)14(21)20-9-12-3-5-13(6-4-12)23-11-16(17,18)19/h3-6H,2,7-11H2,1H3,(H,20,21). The number of nitrogens with one attached hydrogen (secondary N) is 1. The Balaban J connectivity index is 1.83. The lowest BCUT2D eigenvalue weighted by atomic mass is 9.84. The minimum atomic E-state index is -4.36. The lowest BCUT2D eigenvalue weighted by Gasteiger charge is -2.31. The zero-order chi connectivity index (χ0) is 16.9. The molecule has 1 amide bonds. The van der Waals surface area contributed by atoms with Gasteiger partial charge in [0.25, 0.3) is 0 Å². The van der Waals surface area contributed by atoms with Crippen molar-refractivity contribution in [2.75, 3.05) is 19.8 Å². The number of carbonyl (C=O) groups is 1. The number of ether oxygens (including phenoxy) is 2. The third-order valence-corrected chi connectivity index (χ3v) is 3.76. The Hall–Kier alpha value is -1.76. The first-order valence-corrected chi connectivity index (χ1v) is 7.43. The highest BCUT2D eigenvalue weighted by atomic mass is 19.4. The van der Waals surface area contributed by atoms with Gasteiger partial charge in [-0.15, -0.1) is 0 Å². The van der Waals surface area contributed by atoms with Crippen LogP contribution >= 0.6 is 0 Å². The molecular formula is C16H20F3NO3. The maximum Gasteiger partial charge on any atom is 0.422 e. The van der Waals surface area contributed by atoms with Crippen molar-refractivity contribution in [3.8, 4) is 5.75 Å². The van der Waals surface area contributed by atoms with E-state index in [0.29, 0.717) is 19.8 Å². The van der Waals surface area contributed by atoms with Crippen LogP contribution in [-0.4, -0.2) is 31.9 Å². The van der Waals surface area contributed by atoms with Gasteiger partial charge in [-0.05, 0) is 37.5 Å². The van der Waals surface area contributed by atoms with Crippen LogP contribution in [0.25, 0.3) is 0 Å². The third kappa shape index (κ3) is 5.42. The zero-order valence-electron chi connectivity index (χ0n) is 12.9. The molecule has 1 saturated heterocycles. The van der Waals surface area contributed by atoms with Crippen molar-refractivity contribution in [3.63, 3.8) is 0 Å². The second-order valence-electron chi connectivity index (χ2n) is 5.95. The van der Waals surface area contributed by atoms with E-state index in [9.17, 15) is 18.0 Å². The van der Waals surface area contributed by atoms with Gasteiger partial charge >= 0.3 is 6.18 Å². The lowest BCUT2D eigenvalue weighted by Crippen LogP contribution is -2.44. The molecule has 2 rings (SSSR count). The van der Waals surface area contributed by atoms with Gasteiger partial charge in [-0.2, -0.15) is 13.2 Å². The topological polar surface area (TPSA) is 47.6 Å². The Morgan fingerprint density at radius 1 is 1.35 bits per heavy atom. The van der Waals surface area contributed by atoms with Crippen LogP contribution in [0.2, 0.25) is 0 Å². The van der Waals surface area contributed by atoms with Crippen molar-refractivity contribution in [3.05, 3.63) is 29.8 Å². The summed E-state index contributed by atoms with van der Waals surface area (Å²) in [5.41, 5.74) is 0.270. The molecule has 0 bridgehead atoms. The Labute approximate surface area is 133 Å². The van der Waals surface area contributed by atoms with E-state index in [-0.39, 0.29) is 11.7 Å². The largest absolute Gasteiger partial charge is 0.484 e. The summed E-state index contributed by atoms with van der Waals surface area (Å²) >= 11 is 0. The molecule has 1 aromatic rings. The maximum absolute atomic E-state index is 12.2. The Morgan fingerprint density at radius 2 is 2.04 bits per heavy atom. The van der Waals surface area contributed by atoms with Gasteiger partial charge in [0.15, 0.2) is 6.61 Å². The fraction of sp³-hybridized carbons (Fsp3) is 0.562. The van der Waals surface area contributed by atoms with E-state index in [1.165, 1.54) is 12.1 Å². The number of rotatable bonds is 5. The van der Waals surface area contributed by atoms with Crippen LogP contribution in [0.1, 0.15) is 25.3 Å². The van der Waals surface area contributed by atoms with E-state index in [4.69, 9.17) is 4.74 Å². The van der Waals surface area contributed by atoms with Crippen molar-refractivity contribution in [2.45, 2.75) is 32.5 Å². The molecular weight excluding hydrogens is 311 g/mol. The van der Waals surface area contributed by atoms with Gasteiger partial charge in [0.1, 0.15) is 5.75 Å². The second kappa shape index (κ2) is 7.21. The van der Waals surface area contributed by atoms with Crippen molar-refractivity contribution in [2.24, 2.45) is 5.41 Å². The molecule has 1 fully saturated rings. The van der Waals surface area contributed by atoms with Crippen LogP contribution in [-0.2, 0) is 16.1 Å². The number of halogens is 3. The molecule has 1 aliphatic rings. The quantitative estimate of drug-likeness (QED) is 0.902. The highest BCUT2D eigenvalue weighted by Gasteiger charge is 2.35. The number of carbonyl (C=O) groups excluding carboxylic acids is 1. The van der Waals surface area contributed by atoms with Gasteiger partial charge < -0.3 is 14.8 Å². The number of hydrogen-bond donors (Lipinski definition) is 1. The van der Waals surface area contributed by atoms with E-state index in [1.54, 1.807) is 12.1 Å². The normalized spacial score (nSPS) is 21.7. The molecule has 7 heteroatoms. The average Bonchev–Trinajstić information content (AvgIpc) is 2.51. The monoisotopic (exact) mass is 331 g/mol. The van der Waals surface area contributed by atoms with Gasteiger partial charge in [0.2, 0.25) is 5.91 Å². The molecule has 1 atom stereocenters. The summed E-state index contributed by atoms with van der Waals surface area (Å²) in [6, 6.07) is 6.18. The molecule has 0 saturated carbocycles. The van der Waals surface area contributed by atoms with E-state index in [2.05, 4.69) is 10.1 Å². The highest BCUT2D eigenvalue weighted by Crippen LogP contribution is 2.28. The molecule has 0 radical (unpaired) electrons. The van der Waals surface area contributed by atoms with Gasteiger partial charge in [0.05, 0.1) is 12.0 Å². The van der Waals surface area contributed by atoms with Gasteiger partial charge in [-0.25, -0.2) is 0 Å². The fourth-order valence-electron chi connectivity index (χ4n) is 2.38. The predicted molar refractivity (Wildman–Crippen MR) is 78.0 cm³/mol. The van der Waals surface area contributed by atoms with E-state index < -0.39 is 18.2 Å². The Bertz CT molecular complexity index is 522. The summed E-state index contributed by atoms with van der Waals surface area (Å²) in [7, 11) is 0. The first kappa shape index (κ1) is 17.6. The minimum Gasteiger partial charge on any atom is -0.484 e. The first-order chi connectivity index (χ1) is 10.8. The van der Waals surface area contributed by atoms with Crippen molar-refractivity contribution in [1.29, 1.82) is 0 Å². The van der Waals surface area contributed by atoms with Gasteiger partial charge in [0, 0.05) is 13.2 Å². The SMILES string of the molecule is CC1(C(=O)NCc2ccc(OCC(F)(F)F)cc2)CCCOC1. The average molecular weight is 331 g/mol. The molecule has 0 aromatic heterocycles. The Kier molecular flexibility index (Phi) is 5.51. The molecule has 1 aliphatic heterocycles. The van der Waals surface area contributed by atoms with Crippen molar-refractivity contribution in [1.82, 2.24) is 5.32 Å². The van der Waals surface area contributed by atoms with Crippen LogP contribution in [0.5, 0.6) is 5.75 Å². The number of alkyl halides is 3. The minimum absolute atomic E-state index is 0.0744. The number of amides is 1. The molecule has 1 unspecified atom stereocenters. The molecule has 23 heavy (non-hydrogen) atoms. The van der Waals surface area contributed by atoms with E-state index in [0.717, 1.165) is 18.4 Å². The fourth-order valence-corrected chi connectivity index (χ4v) is 2.38. The maximum atomic E-state index is 12.2. The summed E-state index contributed by atoms with van der Waals surface area (Å²) in [5, 5.41) is 2.85. The van der Waals surface area contributed by atoms with Crippen molar-refractivity contribution >= 4 is 5.91 Å². The number of hydrogen-bond acceptors (Lipinski definition) is 3. The van der Waals surface area contributed by atoms with Crippen LogP contribution in [0, 0.1) is 5.41 Å². The van der Waals surface area contributed by atoms with Gasteiger partial charge in [-0.3, -0.25) is 4.79 Å². The molecule has 1 N–H and O–H groups in total. The summed E-state index contributed by atoms with van der Waals surface area (Å²) in [4.78, 5) is 12.2. The summed E-state index contributed by atoms with van der Waals surface area (Å²) in [6.07, 6.45) is -2.72. The molecule has 0 spiro atoms. The van der Waals surface area contributed by atoms with Gasteiger partial charge in [-0.1, -0.05) is 12.1 Å². The van der Waals surface area contributed by atoms with E-state index in [1.807, 2.05) is 6.92 Å². The second-order valence-corrected chi connectivity index (χ2v) is 5.95. The summed E-state index contributed by atoms with van der Waals surface area (Å²) in [5.74, 6) is 0.0691. The lowest BCUT2D eigenvalue weighted by molar-refractivity contribution is -0.153.